The number of fused-ring (bicyclic) bond motifs is 1. The molecule has 0 saturated heterocycles. The number of carbonyl (C=O) groups is 1. The van der Waals surface area contributed by atoms with E-state index in [2.05, 4.69) is 0 Å². The normalized spacial score (nSPS) is 13.8. The number of anilines is 1. The van der Waals surface area contributed by atoms with Crippen LogP contribution in [0.3, 0.4) is 0 Å². The third-order valence-corrected chi connectivity index (χ3v) is 2.89. The Hall–Kier alpha value is -1.29. The minimum Gasteiger partial charge on any atom is -0.494 e. The lowest BCUT2D eigenvalue weighted by molar-refractivity contribution is -0.116. The Labute approximate surface area is 97.8 Å². The van der Waals surface area contributed by atoms with Crippen molar-refractivity contribution in [3.05, 3.63) is 23.5 Å². The van der Waals surface area contributed by atoms with Crippen LogP contribution in [0, 0.1) is 5.82 Å². The summed E-state index contributed by atoms with van der Waals surface area (Å²) >= 11 is 5.49. The van der Waals surface area contributed by atoms with Gasteiger partial charge >= 0.3 is 0 Å². The highest BCUT2D eigenvalue weighted by Gasteiger charge is 2.25. The molecule has 1 aromatic carbocycles. The van der Waals surface area contributed by atoms with E-state index in [1.54, 1.807) is 6.07 Å². The van der Waals surface area contributed by atoms with Gasteiger partial charge in [0.1, 0.15) is 5.88 Å². The lowest BCUT2D eigenvalue weighted by Gasteiger charge is -2.16. The molecule has 0 saturated carbocycles. The molecular formula is C11H11ClFNO2. The summed E-state index contributed by atoms with van der Waals surface area (Å²) in [5, 5.41) is 0. The number of nitrogens with zero attached hydrogens (tertiary/aromatic N) is 1. The van der Waals surface area contributed by atoms with Gasteiger partial charge in [0, 0.05) is 12.6 Å². The fraction of sp³-hybridized carbons (Fsp3) is 0.364. The van der Waals surface area contributed by atoms with Gasteiger partial charge in [-0.2, -0.15) is 0 Å². The smallest absolute Gasteiger partial charge is 0.241 e. The molecule has 1 aliphatic heterocycles. The number of benzene rings is 1. The third kappa shape index (κ3) is 1.73. The monoisotopic (exact) mass is 243 g/mol. The van der Waals surface area contributed by atoms with Crippen molar-refractivity contribution in [3.8, 4) is 5.75 Å². The van der Waals surface area contributed by atoms with Crippen LogP contribution in [0.15, 0.2) is 12.1 Å². The molecule has 0 unspecified atom stereocenters. The summed E-state index contributed by atoms with van der Waals surface area (Å²) < 4.78 is 18.4. The summed E-state index contributed by atoms with van der Waals surface area (Å²) in [6.07, 6.45) is 0.703. The summed E-state index contributed by atoms with van der Waals surface area (Å²) in [5.41, 5.74) is 1.51. The second-order valence-electron chi connectivity index (χ2n) is 3.54. The van der Waals surface area contributed by atoms with E-state index in [9.17, 15) is 9.18 Å². The van der Waals surface area contributed by atoms with Gasteiger partial charge in [0.2, 0.25) is 5.91 Å². The summed E-state index contributed by atoms with van der Waals surface area (Å²) in [6, 6.07) is 2.96. The Bertz CT molecular complexity index is 436. The van der Waals surface area contributed by atoms with Crippen molar-refractivity contribution in [1.29, 1.82) is 0 Å². The van der Waals surface area contributed by atoms with Gasteiger partial charge in [-0.05, 0) is 18.1 Å². The van der Waals surface area contributed by atoms with E-state index in [4.69, 9.17) is 16.3 Å². The van der Waals surface area contributed by atoms with Gasteiger partial charge in [0.05, 0.1) is 12.8 Å². The van der Waals surface area contributed by atoms with E-state index < -0.39 is 5.82 Å². The highest BCUT2D eigenvalue weighted by Crippen LogP contribution is 2.33. The zero-order valence-corrected chi connectivity index (χ0v) is 9.55. The summed E-state index contributed by atoms with van der Waals surface area (Å²) in [5.74, 6) is -0.549. The van der Waals surface area contributed by atoms with Crippen LogP contribution in [0.25, 0.3) is 0 Å². The molecule has 0 fully saturated rings. The minimum atomic E-state index is -0.462. The highest BCUT2D eigenvalue weighted by molar-refractivity contribution is 6.29. The first-order chi connectivity index (χ1) is 7.67. The van der Waals surface area contributed by atoms with Gasteiger partial charge < -0.3 is 9.64 Å². The van der Waals surface area contributed by atoms with E-state index in [1.165, 1.54) is 18.1 Å². The average Bonchev–Trinajstić information content (AvgIpc) is 2.69. The molecular weight excluding hydrogens is 233 g/mol. The van der Waals surface area contributed by atoms with Crippen LogP contribution < -0.4 is 9.64 Å². The predicted octanol–water partition coefficient (Wildman–Crippen LogP) is 1.96. The zero-order chi connectivity index (χ0) is 11.7. The van der Waals surface area contributed by atoms with Gasteiger partial charge in [-0.1, -0.05) is 0 Å². The standard InChI is InChI=1S/C11H11ClFNO2/c1-16-10-4-7-2-3-14(11(15)6-12)9(7)5-8(10)13/h4-5H,2-3,6H2,1H3. The maximum Gasteiger partial charge on any atom is 0.241 e. The number of alkyl halides is 1. The fourth-order valence-corrected chi connectivity index (χ4v) is 2.02. The van der Waals surface area contributed by atoms with Crippen molar-refractivity contribution in [2.24, 2.45) is 0 Å². The Morgan fingerprint density at radius 1 is 1.62 bits per heavy atom. The maximum atomic E-state index is 13.5. The molecule has 1 aliphatic rings. The van der Waals surface area contributed by atoms with E-state index in [-0.39, 0.29) is 17.5 Å². The molecule has 0 N–H and O–H groups in total. The number of rotatable bonds is 2. The molecule has 1 aromatic rings. The van der Waals surface area contributed by atoms with Crippen LogP contribution in [-0.4, -0.2) is 25.4 Å². The molecule has 5 heteroatoms. The fourth-order valence-electron chi connectivity index (χ4n) is 1.88. The Morgan fingerprint density at radius 2 is 2.38 bits per heavy atom. The molecule has 0 atom stereocenters. The molecule has 0 bridgehead atoms. The summed E-state index contributed by atoms with van der Waals surface area (Å²) in [7, 11) is 1.42. The molecule has 1 amide bonds. The zero-order valence-electron chi connectivity index (χ0n) is 8.80. The summed E-state index contributed by atoms with van der Waals surface area (Å²) in [4.78, 5) is 13.0. The molecule has 0 aliphatic carbocycles. The van der Waals surface area contributed by atoms with Crippen LogP contribution in [0.1, 0.15) is 5.56 Å². The van der Waals surface area contributed by atoms with Crippen LogP contribution in [0.2, 0.25) is 0 Å². The second-order valence-corrected chi connectivity index (χ2v) is 3.81. The Kier molecular flexibility index (Phi) is 3.01. The van der Waals surface area contributed by atoms with Gasteiger partial charge in [-0.3, -0.25) is 4.79 Å². The van der Waals surface area contributed by atoms with E-state index in [0.717, 1.165) is 5.56 Å². The van der Waals surface area contributed by atoms with Gasteiger partial charge in [-0.25, -0.2) is 4.39 Å². The first kappa shape index (κ1) is 11.2. The molecule has 3 nitrogen and oxygen atoms in total. The van der Waals surface area contributed by atoms with Crippen molar-refractivity contribution >= 4 is 23.2 Å². The van der Waals surface area contributed by atoms with E-state index in [1.807, 2.05) is 0 Å². The maximum absolute atomic E-state index is 13.5. The number of hydrogen-bond donors (Lipinski definition) is 0. The molecule has 0 aromatic heterocycles. The van der Waals surface area contributed by atoms with Crippen LogP contribution in [0.5, 0.6) is 5.75 Å². The largest absolute Gasteiger partial charge is 0.494 e. The molecule has 86 valence electrons. The first-order valence-electron chi connectivity index (χ1n) is 4.90. The number of methoxy groups -OCH3 is 1. The van der Waals surface area contributed by atoms with Gasteiger partial charge in [0.15, 0.2) is 11.6 Å². The number of hydrogen-bond acceptors (Lipinski definition) is 2. The second kappa shape index (κ2) is 4.29. The third-order valence-electron chi connectivity index (χ3n) is 2.66. The topological polar surface area (TPSA) is 29.5 Å². The van der Waals surface area contributed by atoms with Crippen molar-refractivity contribution in [3.63, 3.8) is 0 Å². The van der Waals surface area contributed by atoms with Crippen LogP contribution >= 0.6 is 11.6 Å². The van der Waals surface area contributed by atoms with Crippen LogP contribution in [0.4, 0.5) is 10.1 Å². The molecule has 0 radical (unpaired) electrons. The number of ether oxygens (including phenoxy) is 1. The van der Waals surface area contributed by atoms with Crippen molar-refractivity contribution < 1.29 is 13.9 Å². The van der Waals surface area contributed by atoms with Crippen LogP contribution in [-0.2, 0) is 11.2 Å². The van der Waals surface area contributed by atoms with E-state index >= 15 is 0 Å². The lowest BCUT2D eigenvalue weighted by Crippen LogP contribution is -2.29. The molecule has 0 spiro atoms. The van der Waals surface area contributed by atoms with Crippen molar-refractivity contribution in [2.45, 2.75) is 6.42 Å². The summed E-state index contributed by atoms with van der Waals surface area (Å²) in [6.45, 7) is 0.549. The Morgan fingerprint density at radius 3 is 3.00 bits per heavy atom. The average molecular weight is 244 g/mol. The number of amides is 1. The van der Waals surface area contributed by atoms with E-state index in [0.29, 0.717) is 18.7 Å². The highest BCUT2D eigenvalue weighted by atomic mass is 35.5. The number of carbonyl (C=O) groups excluding carboxylic acids is 1. The van der Waals surface area contributed by atoms with Crippen molar-refractivity contribution in [2.75, 3.05) is 24.4 Å². The SMILES string of the molecule is COc1cc2c(cc1F)N(C(=O)CCl)CC2. The molecule has 16 heavy (non-hydrogen) atoms. The first-order valence-corrected chi connectivity index (χ1v) is 5.43. The molecule has 1 heterocycles. The predicted molar refractivity (Wildman–Crippen MR) is 59.7 cm³/mol. The van der Waals surface area contributed by atoms with Crippen molar-refractivity contribution in [1.82, 2.24) is 0 Å². The number of halogens is 2. The Balaban J connectivity index is 2.41. The molecule has 2 rings (SSSR count). The van der Waals surface area contributed by atoms with Gasteiger partial charge in [0.25, 0.3) is 0 Å². The lowest BCUT2D eigenvalue weighted by atomic mass is 10.1. The van der Waals surface area contributed by atoms with Gasteiger partial charge in [-0.15, -0.1) is 11.6 Å². The quantitative estimate of drug-likeness (QED) is 0.744. The minimum absolute atomic E-state index is 0.0902.